The SMILES string of the molecule is CC[C@@H](C(=O)NC1CCCC1)N(Cc1ccc(F)cc1)C(=O)COc1ccc(C(C)C)cc1. The molecule has 2 aromatic rings. The number of carbonyl (C=O) groups excluding carboxylic acids is 2. The van der Waals surface area contributed by atoms with Crippen molar-refractivity contribution in [2.45, 2.75) is 77.4 Å². The first-order valence-corrected chi connectivity index (χ1v) is 11.9. The second-order valence-corrected chi connectivity index (χ2v) is 9.07. The summed E-state index contributed by atoms with van der Waals surface area (Å²) in [6.07, 6.45) is 4.66. The lowest BCUT2D eigenvalue weighted by Gasteiger charge is -2.31. The van der Waals surface area contributed by atoms with Crippen LogP contribution in [0.3, 0.4) is 0 Å². The van der Waals surface area contributed by atoms with E-state index < -0.39 is 6.04 Å². The van der Waals surface area contributed by atoms with Crippen LogP contribution in [0.4, 0.5) is 4.39 Å². The third-order valence-electron chi connectivity index (χ3n) is 6.26. The molecule has 1 atom stereocenters. The van der Waals surface area contributed by atoms with Crippen LogP contribution in [-0.4, -0.2) is 35.4 Å². The molecule has 1 aliphatic rings. The van der Waals surface area contributed by atoms with Crippen molar-refractivity contribution in [1.82, 2.24) is 10.2 Å². The van der Waals surface area contributed by atoms with Crippen LogP contribution in [0.1, 0.15) is 69.9 Å². The largest absolute Gasteiger partial charge is 0.484 e. The molecule has 1 saturated carbocycles. The van der Waals surface area contributed by atoms with Gasteiger partial charge in [-0.25, -0.2) is 4.39 Å². The maximum atomic E-state index is 13.4. The van der Waals surface area contributed by atoms with Gasteiger partial charge in [-0.15, -0.1) is 0 Å². The van der Waals surface area contributed by atoms with E-state index in [0.717, 1.165) is 31.2 Å². The van der Waals surface area contributed by atoms with E-state index in [-0.39, 0.29) is 36.8 Å². The van der Waals surface area contributed by atoms with Gasteiger partial charge in [-0.2, -0.15) is 0 Å². The Kier molecular flexibility index (Phi) is 8.87. The van der Waals surface area contributed by atoms with Gasteiger partial charge in [0.1, 0.15) is 17.6 Å². The molecule has 178 valence electrons. The Morgan fingerprint density at radius 1 is 1.06 bits per heavy atom. The molecule has 1 fully saturated rings. The fraction of sp³-hybridized carbons (Fsp3) is 0.481. The molecule has 0 spiro atoms. The number of benzene rings is 2. The second-order valence-electron chi connectivity index (χ2n) is 9.07. The lowest BCUT2D eigenvalue weighted by molar-refractivity contribution is -0.143. The quantitative estimate of drug-likeness (QED) is 0.537. The molecule has 0 aromatic heterocycles. The topological polar surface area (TPSA) is 58.6 Å². The van der Waals surface area contributed by atoms with E-state index in [1.54, 1.807) is 17.0 Å². The molecule has 2 amide bonds. The molecular formula is C27H35FN2O3. The standard InChI is InChI=1S/C27H35FN2O3/c1-4-25(27(32)29-23-7-5-6-8-23)30(17-20-9-13-22(28)14-10-20)26(31)18-33-24-15-11-21(12-16-24)19(2)3/h9-16,19,23,25H,4-8,17-18H2,1-3H3,(H,29,32)/t25-/m0/s1. The van der Waals surface area contributed by atoms with Gasteiger partial charge in [0.05, 0.1) is 0 Å². The molecule has 0 unspecified atom stereocenters. The molecule has 0 bridgehead atoms. The van der Waals surface area contributed by atoms with E-state index >= 15 is 0 Å². The van der Waals surface area contributed by atoms with Crippen molar-refractivity contribution < 1.29 is 18.7 Å². The number of hydrogen-bond acceptors (Lipinski definition) is 3. The Labute approximate surface area is 196 Å². The van der Waals surface area contributed by atoms with Gasteiger partial charge >= 0.3 is 0 Å². The summed E-state index contributed by atoms with van der Waals surface area (Å²) in [5, 5.41) is 3.12. The summed E-state index contributed by atoms with van der Waals surface area (Å²) >= 11 is 0. The number of halogens is 1. The van der Waals surface area contributed by atoms with E-state index in [1.165, 1.54) is 17.7 Å². The van der Waals surface area contributed by atoms with Crippen LogP contribution in [0.2, 0.25) is 0 Å². The minimum absolute atomic E-state index is 0.138. The number of nitrogens with one attached hydrogen (secondary N) is 1. The number of nitrogens with zero attached hydrogens (tertiary/aromatic N) is 1. The van der Waals surface area contributed by atoms with E-state index in [9.17, 15) is 14.0 Å². The predicted molar refractivity (Wildman–Crippen MR) is 127 cm³/mol. The molecule has 3 rings (SSSR count). The maximum Gasteiger partial charge on any atom is 0.261 e. The zero-order valence-corrected chi connectivity index (χ0v) is 19.9. The highest BCUT2D eigenvalue weighted by molar-refractivity contribution is 5.88. The van der Waals surface area contributed by atoms with Gasteiger partial charge in [-0.3, -0.25) is 9.59 Å². The number of amides is 2. The fourth-order valence-corrected chi connectivity index (χ4v) is 4.25. The molecule has 1 aliphatic carbocycles. The smallest absolute Gasteiger partial charge is 0.261 e. The third-order valence-corrected chi connectivity index (χ3v) is 6.26. The Hall–Kier alpha value is -2.89. The first-order valence-electron chi connectivity index (χ1n) is 11.9. The molecular weight excluding hydrogens is 419 g/mol. The maximum absolute atomic E-state index is 13.4. The monoisotopic (exact) mass is 454 g/mol. The molecule has 0 saturated heterocycles. The van der Waals surface area contributed by atoms with Crippen LogP contribution in [0, 0.1) is 5.82 Å². The summed E-state index contributed by atoms with van der Waals surface area (Å²) in [5.41, 5.74) is 1.96. The summed E-state index contributed by atoms with van der Waals surface area (Å²) in [6, 6.07) is 13.3. The lowest BCUT2D eigenvalue weighted by atomic mass is 10.0. The Bertz CT molecular complexity index is 906. The van der Waals surface area contributed by atoms with Crippen LogP contribution < -0.4 is 10.1 Å². The number of hydrogen-bond donors (Lipinski definition) is 1. The molecule has 6 heteroatoms. The third kappa shape index (κ3) is 7.04. The van der Waals surface area contributed by atoms with Gasteiger partial charge in [-0.1, -0.05) is 57.9 Å². The van der Waals surface area contributed by atoms with Crippen molar-refractivity contribution in [3.05, 3.63) is 65.5 Å². The molecule has 5 nitrogen and oxygen atoms in total. The normalized spacial score (nSPS) is 14.8. The molecule has 0 heterocycles. The molecule has 0 radical (unpaired) electrons. The highest BCUT2D eigenvalue weighted by Crippen LogP contribution is 2.21. The summed E-state index contributed by atoms with van der Waals surface area (Å²) in [5.74, 6) is 0.270. The van der Waals surface area contributed by atoms with Gasteiger partial charge in [0.25, 0.3) is 5.91 Å². The average Bonchev–Trinajstić information content (AvgIpc) is 3.32. The summed E-state index contributed by atoms with van der Waals surface area (Å²) in [6.45, 7) is 6.18. The summed E-state index contributed by atoms with van der Waals surface area (Å²) in [4.78, 5) is 27.9. The van der Waals surface area contributed by atoms with Crippen molar-refractivity contribution in [2.24, 2.45) is 0 Å². The first-order chi connectivity index (χ1) is 15.9. The summed E-state index contributed by atoms with van der Waals surface area (Å²) < 4.78 is 19.2. The Balaban J connectivity index is 1.73. The molecule has 1 N–H and O–H groups in total. The van der Waals surface area contributed by atoms with Crippen LogP contribution in [0.25, 0.3) is 0 Å². The minimum Gasteiger partial charge on any atom is -0.484 e. The van der Waals surface area contributed by atoms with E-state index in [4.69, 9.17) is 4.74 Å². The van der Waals surface area contributed by atoms with Crippen molar-refractivity contribution in [3.8, 4) is 5.75 Å². The second kappa shape index (κ2) is 11.8. The zero-order chi connectivity index (χ0) is 23.8. The highest BCUT2D eigenvalue weighted by atomic mass is 19.1. The average molecular weight is 455 g/mol. The fourth-order valence-electron chi connectivity index (χ4n) is 4.25. The van der Waals surface area contributed by atoms with Crippen molar-refractivity contribution >= 4 is 11.8 Å². The number of carbonyl (C=O) groups is 2. The molecule has 0 aliphatic heterocycles. The Morgan fingerprint density at radius 3 is 2.27 bits per heavy atom. The first kappa shape index (κ1) is 24.7. The van der Waals surface area contributed by atoms with Crippen LogP contribution in [0.5, 0.6) is 5.75 Å². The van der Waals surface area contributed by atoms with Crippen LogP contribution in [-0.2, 0) is 16.1 Å². The van der Waals surface area contributed by atoms with Gasteiger partial charge in [0, 0.05) is 12.6 Å². The van der Waals surface area contributed by atoms with Gasteiger partial charge in [-0.05, 0) is 60.6 Å². The number of rotatable bonds is 10. The van der Waals surface area contributed by atoms with Crippen molar-refractivity contribution in [3.63, 3.8) is 0 Å². The van der Waals surface area contributed by atoms with Gasteiger partial charge in [0.2, 0.25) is 5.91 Å². The lowest BCUT2D eigenvalue weighted by Crippen LogP contribution is -2.52. The van der Waals surface area contributed by atoms with E-state index in [2.05, 4.69) is 19.2 Å². The van der Waals surface area contributed by atoms with E-state index in [0.29, 0.717) is 18.1 Å². The van der Waals surface area contributed by atoms with Crippen molar-refractivity contribution in [1.29, 1.82) is 0 Å². The van der Waals surface area contributed by atoms with Gasteiger partial charge in [0.15, 0.2) is 6.61 Å². The summed E-state index contributed by atoms with van der Waals surface area (Å²) in [7, 11) is 0. The Morgan fingerprint density at radius 2 is 1.70 bits per heavy atom. The van der Waals surface area contributed by atoms with Crippen LogP contribution in [0.15, 0.2) is 48.5 Å². The van der Waals surface area contributed by atoms with Crippen LogP contribution >= 0.6 is 0 Å². The minimum atomic E-state index is -0.616. The van der Waals surface area contributed by atoms with Gasteiger partial charge < -0.3 is 15.0 Å². The van der Waals surface area contributed by atoms with E-state index in [1.807, 2.05) is 31.2 Å². The predicted octanol–water partition coefficient (Wildman–Crippen LogP) is 5.19. The zero-order valence-electron chi connectivity index (χ0n) is 19.9. The molecule has 33 heavy (non-hydrogen) atoms. The van der Waals surface area contributed by atoms with Crippen molar-refractivity contribution in [2.75, 3.05) is 6.61 Å². The highest BCUT2D eigenvalue weighted by Gasteiger charge is 2.30. The molecule has 2 aromatic carbocycles. The number of ether oxygens (including phenoxy) is 1.